The van der Waals surface area contributed by atoms with Gasteiger partial charge in [-0.15, -0.1) is 0 Å². The van der Waals surface area contributed by atoms with Crippen LogP contribution in [0.3, 0.4) is 0 Å². The summed E-state index contributed by atoms with van der Waals surface area (Å²) in [7, 11) is 2.00. The summed E-state index contributed by atoms with van der Waals surface area (Å²) in [6.45, 7) is 6.05. The Balaban J connectivity index is 2.22. The van der Waals surface area contributed by atoms with Crippen LogP contribution < -0.4 is 9.47 Å². The molecule has 0 aliphatic rings. The predicted octanol–water partition coefficient (Wildman–Crippen LogP) is 4.94. The van der Waals surface area contributed by atoms with Crippen LogP contribution in [0.15, 0.2) is 12.1 Å². The maximum Gasteiger partial charge on any atom is 0.196 e. The van der Waals surface area contributed by atoms with Crippen molar-refractivity contribution >= 4 is 0 Å². The first-order valence-electron chi connectivity index (χ1n) is 8.20. The first-order chi connectivity index (χ1) is 9.79. The van der Waals surface area contributed by atoms with Gasteiger partial charge in [0, 0.05) is 19.2 Å². The molecular weight excluding hydrogens is 250 g/mol. The normalized spacial score (nSPS) is 10.8. The summed E-state index contributed by atoms with van der Waals surface area (Å²) in [6.07, 6.45) is 9.88. The number of hydrogen-bond donors (Lipinski definition) is 0. The number of nitrogens with zero attached hydrogens (tertiary/aromatic N) is 1. The molecular formula is C17H31NO2. The van der Waals surface area contributed by atoms with E-state index in [1.807, 2.05) is 23.7 Å². The van der Waals surface area contributed by atoms with E-state index in [0.717, 1.165) is 37.8 Å². The SMILES string of the molecule is CCCCCCOc1ccc(OCCCCCC)n1C. The minimum Gasteiger partial charge on any atom is -0.479 e. The summed E-state index contributed by atoms with van der Waals surface area (Å²) in [4.78, 5) is 0. The third-order valence-corrected chi connectivity index (χ3v) is 3.53. The molecule has 3 heteroatoms. The van der Waals surface area contributed by atoms with E-state index in [0.29, 0.717) is 0 Å². The van der Waals surface area contributed by atoms with Gasteiger partial charge in [-0.05, 0) is 12.8 Å². The van der Waals surface area contributed by atoms with Crippen LogP contribution in [-0.4, -0.2) is 17.8 Å². The van der Waals surface area contributed by atoms with E-state index >= 15 is 0 Å². The van der Waals surface area contributed by atoms with Gasteiger partial charge in [0.05, 0.1) is 13.2 Å². The molecule has 1 aromatic heterocycles. The Kier molecular flexibility index (Phi) is 9.01. The van der Waals surface area contributed by atoms with Crippen LogP contribution in [0.25, 0.3) is 0 Å². The molecule has 20 heavy (non-hydrogen) atoms. The van der Waals surface area contributed by atoms with Crippen molar-refractivity contribution in [3.05, 3.63) is 12.1 Å². The monoisotopic (exact) mass is 281 g/mol. The van der Waals surface area contributed by atoms with Gasteiger partial charge in [0.15, 0.2) is 11.8 Å². The van der Waals surface area contributed by atoms with Crippen LogP contribution in [0.1, 0.15) is 65.2 Å². The molecule has 0 N–H and O–H groups in total. The van der Waals surface area contributed by atoms with Crippen LogP contribution in [0.2, 0.25) is 0 Å². The molecule has 0 aliphatic carbocycles. The van der Waals surface area contributed by atoms with Gasteiger partial charge < -0.3 is 9.47 Å². The maximum atomic E-state index is 5.79. The van der Waals surface area contributed by atoms with Gasteiger partial charge in [0.25, 0.3) is 0 Å². The molecule has 1 rings (SSSR count). The fraction of sp³-hybridized carbons (Fsp3) is 0.765. The number of aromatic nitrogens is 1. The van der Waals surface area contributed by atoms with Crippen molar-refractivity contribution in [2.24, 2.45) is 7.05 Å². The molecule has 0 amide bonds. The quantitative estimate of drug-likeness (QED) is 0.506. The third kappa shape index (κ3) is 6.36. The molecule has 0 unspecified atom stereocenters. The van der Waals surface area contributed by atoms with E-state index in [2.05, 4.69) is 13.8 Å². The number of rotatable bonds is 12. The highest BCUT2D eigenvalue weighted by atomic mass is 16.5. The molecule has 0 spiro atoms. The van der Waals surface area contributed by atoms with Crippen molar-refractivity contribution in [1.29, 1.82) is 0 Å². The van der Waals surface area contributed by atoms with Crippen molar-refractivity contribution in [1.82, 2.24) is 4.57 Å². The molecule has 1 heterocycles. The highest BCUT2D eigenvalue weighted by molar-refractivity contribution is 5.25. The summed E-state index contributed by atoms with van der Waals surface area (Å²) >= 11 is 0. The van der Waals surface area contributed by atoms with Gasteiger partial charge in [0.2, 0.25) is 0 Å². The molecule has 1 aromatic rings. The molecule has 0 bridgehead atoms. The molecule has 0 aromatic carbocycles. The largest absolute Gasteiger partial charge is 0.479 e. The molecule has 0 radical (unpaired) electrons. The Hall–Kier alpha value is -1.12. The lowest BCUT2D eigenvalue weighted by atomic mass is 10.2. The first-order valence-corrected chi connectivity index (χ1v) is 8.20. The minimum absolute atomic E-state index is 0.799. The van der Waals surface area contributed by atoms with Crippen molar-refractivity contribution in [2.75, 3.05) is 13.2 Å². The summed E-state index contributed by atoms with van der Waals surface area (Å²) in [6, 6.07) is 4.00. The van der Waals surface area contributed by atoms with Crippen LogP contribution in [0.4, 0.5) is 0 Å². The number of unbranched alkanes of at least 4 members (excludes halogenated alkanes) is 6. The van der Waals surface area contributed by atoms with Crippen LogP contribution in [-0.2, 0) is 7.05 Å². The highest BCUT2D eigenvalue weighted by Crippen LogP contribution is 2.22. The third-order valence-electron chi connectivity index (χ3n) is 3.53. The smallest absolute Gasteiger partial charge is 0.196 e. The van der Waals surface area contributed by atoms with E-state index in [4.69, 9.17) is 9.47 Å². The molecule has 0 aliphatic heterocycles. The van der Waals surface area contributed by atoms with Crippen molar-refractivity contribution in [3.63, 3.8) is 0 Å². The standard InChI is InChI=1S/C17H31NO2/c1-4-6-8-10-14-19-16-12-13-17(18(16)3)20-15-11-9-7-5-2/h12-13H,4-11,14-15H2,1-3H3. The number of ether oxygens (including phenoxy) is 2. The average molecular weight is 281 g/mol. The molecule has 0 fully saturated rings. The predicted molar refractivity (Wildman–Crippen MR) is 84.7 cm³/mol. The van der Waals surface area contributed by atoms with Gasteiger partial charge in [0.1, 0.15) is 0 Å². The lowest BCUT2D eigenvalue weighted by Gasteiger charge is -2.10. The zero-order chi connectivity index (χ0) is 14.6. The summed E-state index contributed by atoms with van der Waals surface area (Å²) in [5.41, 5.74) is 0. The first kappa shape index (κ1) is 16.9. The summed E-state index contributed by atoms with van der Waals surface area (Å²) in [5.74, 6) is 1.81. The second-order valence-electron chi connectivity index (χ2n) is 5.39. The van der Waals surface area contributed by atoms with E-state index in [1.54, 1.807) is 0 Å². The Bertz CT molecular complexity index is 315. The van der Waals surface area contributed by atoms with Gasteiger partial charge >= 0.3 is 0 Å². The fourth-order valence-corrected chi connectivity index (χ4v) is 2.18. The lowest BCUT2D eigenvalue weighted by molar-refractivity contribution is 0.257. The second-order valence-corrected chi connectivity index (χ2v) is 5.39. The average Bonchev–Trinajstić information content (AvgIpc) is 2.80. The Morgan fingerprint density at radius 1 is 0.750 bits per heavy atom. The Morgan fingerprint density at radius 3 is 1.60 bits per heavy atom. The fourth-order valence-electron chi connectivity index (χ4n) is 2.18. The van der Waals surface area contributed by atoms with Crippen LogP contribution in [0, 0.1) is 0 Å². The van der Waals surface area contributed by atoms with Crippen molar-refractivity contribution < 1.29 is 9.47 Å². The molecule has 0 saturated carbocycles. The minimum atomic E-state index is 0.799. The Morgan fingerprint density at radius 2 is 1.20 bits per heavy atom. The van der Waals surface area contributed by atoms with Gasteiger partial charge in [-0.25, -0.2) is 0 Å². The van der Waals surface area contributed by atoms with Crippen molar-refractivity contribution in [2.45, 2.75) is 65.2 Å². The summed E-state index contributed by atoms with van der Waals surface area (Å²) < 4.78 is 13.6. The second kappa shape index (κ2) is 10.6. The van der Waals surface area contributed by atoms with E-state index in [9.17, 15) is 0 Å². The topological polar surface area (TPSA) is 23.4 Å². The van der Waals surface area contributed by atoms with Crippen LogP contribution >= 0.6 is 0 Å². The van der Waals surface area contributed by atoms with Gasteiger partial charge in [-0.3, -0.25) is 4.57 Å². The molecule has 116 valence electrons. The maximum absolute atomic E-state index is 5.79. The van der Waals surface area contributed by atoms with Gasteiger partial charge in [-0.2, -0.15) is 0 Å². The number of hydrogen-bond acceptors (Lipinski definition) is 2. The van der Waals surface area contributed by atoms with Gasteiger partial charge in [-0.1, -0.05) is 52.4 Å². The zero-order valence-corrected chi connectivity index (χ0v) is 13.5. The van der Waals surface area contributed by atoms with Crippen LogP contribution in [0.5, 0.6) is 11.8 Å². The van der Waals surface area contributed by atoms with Crippen molar-refractivity contribution in [3.8, 4) is 11.8 Å². The lowest BCUT2D eigenvalue weighted by Crippen LogP contribution is -2.05. The molecule has 3 nitrogen and oxygen atoms in total. The van der Waals surface area contributed by atoms with E-state index < -0.39 is 0 Å². The van der Waals surface area contributed by atoms with E-state index in [1.165, 1.54) is 38.5 Å². The molecule has 0 atom stereocenters. The highest BCUT2D eigenvalue weighted by Gasteiger charge is 2.06. The Labute approximate surface area is 124 Å². The molecule has 0 saturated heterocycles. The van der Waals surface area contributed by atoms with E-state index in [-0.39, 0.29) is 0 Å². The zero-order valence-electron chi connectivity index (χ0n) is 13.5. The summed E-state index contributed by atoms with van der Waals surface area (Å²) in [5, 5.41) is 0.